The van der Waals surface area contributed by atoms with E-state index in [1.54, 1.807) is 7.11 Å². The van der Waals surface area contributed by atoms with Gasteiger partial charge in [-0.3, -0.25) is 9.59 Å². The normalized spacial score (nSPS) is 21.0. The van der Waals surface area contributed by atoms with Gasteiger partial charge in [0.1, 0.15) is 0 Å². The molecule has 3 N–H and O–H groups in total. The molecule has 1 rings (SSSR count). The van der Waals surface area contributed by atoms with Crippen molar-refractivity contribution in [2.24, 2.45) is 5.73 Å². The fourth-order valence-corrected chi connectivity index (χ4v) is 1.65. The number of hydrogen-bond donors (Lipinski definition) is 2. The Morgan fingerprint density at radius 1 is 1.69 bits per heavy atom. The van der Waals surface area contributed by atoms with E-state index in [0.717, 1.165) is 6.42 Å². The molecule has 1 fully saturated rings. The highest BCUT2D eigenvalue weighted by molar-refractivity contribution is 5.87. The molecule has 0 aromatic rings. The van der Waals surface area contributed by atoms with Crippen LogP contribution in [-0.4, -0.2) is 56.1 Å². The van der Waals surface area contributed by atoms with E-state index in [1.165, 1.54) is 4.90 Å². The molecule has 0 unspecified atom stereocenters. The maximum absolute atomic E-state index is 11.6. The lowest BCUT2D eigenvalue weighted by Crippen LogP contribution is -2.51. The van der Waals surface area contributed by atoms with Crippen LogP contribution in [0.1, 0.15) is 12.8 Å². The van der Waals surface area contributed by atoms with Crippen molar-refractivity contribution in [3.05, 3.63) is 0 Å². The van der Waals surface area contributed by atoms with E-state index in [1.807, 2.05) is 0 Å². The highest BCUT2D eigenvalue weighted by Gasteiger charge is 2.26. The van der Waals surface area contributed by atoms with Crippen LogP contribution in [0, 0.1) is 0 Å². The number of hydrogen-bond acceptors (Lipinski definition) is 4. The number of ether oxygens (including phenoxy) is 1. The van der Waals surface area contributed by atoms with Crippen LogP contribution in [0.4, 0.5) is 0 Å². The standard InChI is InChI=1S/C10H19N3O3/c1-16-6-4-12-9(14)7-13-5-2-3-8(11)10(13)15/h8H,2-7,11H2,1H3,(H,12,14)/t8-/m1/s1. The van der Waals surface area contributed by atoms with Gasteiger partial charge < -0.3 is 20.7 Å². The molecule has 0 bridgehead atoms. The summed E-state index contributed by atoms with van der Waals surface area (Å²) in [5, 5.41) is 2.67. The molecule has 0 aliphatic carbocycles. The molecule has 0 spiro atoms. The van der Waals surface area contributed by atoms with Gasteiger partial charge in [0, 0.05) is 20.2 Å². The molecular formula is C10H19N3O3. The Kier molecular flexibility index (Phi) is 5.21. The summed E-state index contributed by atoms with van der Waals surface area (Å²) in [6, 6.07) is -0.444. The molecule has 0 saturated carbocycles. The van der Waals surface area contributed by atoms with Crippen LogP contribution in [0.5, 0.6) is 0 Å². The van der Waals surface area contributed by atoms with Crippen molar-refractivity contribution < 1.29 is 14.3 Å². The first kappa shape index (κ1) is 12.9. The molecule has 1 heterocycles. The van der Waals surface area contributed by atoms with Gasteiger partial charge in [0.05, 0.1) is 19.2 Å². The number of carbonyl (C=O) groups excluding carboxylic acids is 2. The zero-order valence-electron chi connectivity index (χ0n) is 9.57. The predicted octanol–water partition coefficient (Wildman–Crippen LogP) is -1.30. The maximum atomic E-state index is 11.6. The number of amides is 2. The Balaban J connectivity index is 2.29. The molecule has 0 aromatic carbocycles. The van der Waals surface area contributed by atoms with Crippen LogP contribution in [-0.2, 0) is 14.3 Å². The summed E-state index contributed by atoms with van der Waals surface area (Å²) in [5.41, 5.74) is 5.62. The molecule has 6 nitrogen and oxygen atoms in total. The minimum atomic E-state index is -0.444. The van der Waals surface area contributed by atoms with E-state index in [-0.39, 0.29) is 18.4 Å². The number of nitrogens with zero attached hydrogens (tertiary/aromatic N) is 1. The molecule has 6 heteroatoms. The van der Waals surface area contributed by atoms with E-state index >= 15 is 0 Å². The van der Waals surface area contributed by atoms with Gasteiger partial charge in [-0.2, -0.15) is 0 Å². The fraction of sp³-hybridized carbons (Fsp3) is 0.800. The number of piperidine rings is 1. The molecule has 1 saturated heterocycles. The zero-order chi connectivity index (χ0) is 12.0. The first-order valence-electron chi connectivity index (χ1n) is 5.45. The Morgan fingerprint density at radius 3 is 3.12 bits per heavy atom. The van der Waals surface area contributed by atoms with E-state index < -0.39 is 6.04 Å². The quantitative estimate of drug-likeness (QED) is 0.574. The van der Waals surface area contributed by atoms with Crippen LogP contribution in [0.2, 0.25) is 0 Å². The summed E-state index contributed by atoms with van der Waals surface area (Å²) in [4.78, 5) is 24.5. The number of likely N-dealkylation sites (tertiary alicyclic amines) is 1. The summed E-state index contributed by atoms with van der Waals surface area (Å²) >= 11 is 0. The second kappa shape index (κ2) is 6.44. The fourth-order valence-electron chi connectivity index (χ4n) is 1.65. The highest BCUT2D eigenvalue weighted by Crippen LogP contribution is 2.08. The molecule has 1 aliphatic heterocycles. The van der Waals surface area contributed by atoms with Gasteiger partial charge in [-0.05, 0) is 12.8 Å². The summed E-state index contributed by atoms with van der Waals surface area (Å²) in [7, 11) is 1.57. The molecule has 0 radical (unpaired) electrons. The molecule has 92 valence electrons. The van der Waals surface area contributed by atoms with E-state index in [2.05, 4.69) is 5.32 Å². The third-order valence-corrected chi connectivity index (χ3v) is 2.53. The number of carbonyl (C=O) groups is 2. The molecule has 1 atom stereocenters. The van der Waals surface area contributed by atoms with Crippen molar-refractivity contribution in [3.63, 3.8) is 0 Å². The Hall–Kier alpha value is -1.14. The Bertz CT molecular complexity index is 258. The van der Waals surface area contributed by atoms with Crippen LogP contribution in [0.3, 0.4) is 0 Å². The Labute approximate surface area is 95.1 Å². The van der Waals surface area contributed by atoms with Crippen LogP contribution in [0.15, 0.2) is 0 Å². The van der Waals surface area contributed by atoms with Crippen molar-refractivity contribution >= 4 is 11.8 Å². The molecule has 2 amide bonds. The summed E-state index contributed by atoms with van der Waals surface area (Å²) in [6.45, 7) is 1.64. The molecule has 0 aromatic heterocycles. The lowest BCUT2D eigenvalue weighted by atomic mass is 10.1. The van der Waals surface area contributed by atoms with Gasteiger partial charge in [0.25, 0.3) is 0 Å². The molecule has 1 aliphatic rings. The lowest BCUT2D eigenvalue weighted by Gasteiger charge is -2.29. The van der Waals surface area contributed by atoms with Crippen molar-refractivity contribution in [3.8, 4) is 0 Å². The summed E-state index contributed by atoms with van der Waals surface area (Å²) in [6.07, 6.45) is 1.57. The largest absolute Gasteiger partial charge is 0.383 e. The van der Waals surface area contributed by atoms with Gasteiger partial charge in [0.2, 0.25) is 11.8 Å². The maximum Gasteiger partial charge on any atom is 0.239 e. The minimum absolute atomic E-state index is 0.0935. The first-order valence-corrected chi connectivity index (χ1v) is 5.45. The number of methoxy groups -OCH3 is 1. The molecule has 16 heavy (non-hydrogen) atoms. The van der Waals surface area contributed by atoms with E-state index in [9.17, 15) is 9.59 Å². The van der Waals surface area contributed by atoms with Crippen LogP contribution in [0.25, 0.3) is 0 Å². The van der Waals surface area contributed by atoms with Crippen LogP contribution >= 0.6 is 0 Å². The van der Waals surface area contributed by atoms with Crippen LogP contribution < -0.4 is 11.1 Å². The average molecular weight is 229 g/mol. The van der Waals surface area contributed by atoms with Gasteiger partial charge >= 0.3 is 0 Å². The van der Waals surface area contributed by atoms with Gasteiger partial charge in [0.15, 0.2) is 0 Å². The summed E-state index contributed by atoms with van der Waals surface area (Å²) < 4.78 is 4.81. The predicted molar refractivity (Wildman–Crippen MR) is 58.7 cm³/mol. The first-order chi connectivity index (χ1) is 7.65. The topological polar surface area (TPSA) is 84.7 Å². The second-order valence-corrected chi connectivity index (χ2v) is 3.85. The van der Waals surface area contributed by atoms with Gasteiger partial charge in [-0.1, -0.05) is 0 Å². The van der Waals surface area contributed by atoms with Crippen molar-refractivity contribution in [1.82, 2.24) is 10.2 Å². The monoisotopic (exact) mass is 229 g/mol. The highest BCUT2D eigenvalue weighted by atomic mass is 16.5. The molecular weight excluding hydrogens is 210 g/mol. The van der Waals surface area contributed by atoms with Crippen molar-refractivity contribution in [1.29, 1.82) is 0 Å². The SMILES string of the molecule is COCCNC(=O)CN1CCC[C@@H](N)C1=O. The van der Waals surface area contributed by atoms with E-state index in [0.29, 0.717) is 26.1 Å². The van der Waals surface area contributed by atoms with Gasteiger partial charge in [-0.15, -0.1) is 0 Å². The van der Waals surface area contributed by atoms with Crippen molar-refractivity contribution in [2.75, 3.05) is 33.4 Å². The number of rotatable bonds is 5. The number of nitrogens with two attached hydrogens (primary N) is 1. The smallest absolute Gasteiger partial charge is 0.239 e. The average Bonchev–Trinajstić information content (AvgIpc) is 2.25. The van der Waals surface area contributed by atoms with Gasteiger partial charge in [-0.25, -0.2) is 0 Å². The lowest BCUT2D eigenvalue weighted by molar-refractivity contribution is -0.139. The number of nitrogens with one attached hydrogen (secondary N) is 1. The third-order valence-electron chi connectivity index (χ3n) is 2.53. The minimum Gasteiger partial charge on any atom is -0.383 e. The van der Waals surface area contributed by atoms with E-state index in [4.69, 9.17) is 10.5 Å². The third kappa shape index (κ3) is 3.79. The second-order valence-electron chi connectivity index (χ2n) is 3.85. The zero-order valence-corrected chi connectivity index (χ0v) is 9.57. The van der Waals surface area contributed by atoms with Crippen molar-refractivity contribution in [2.45, 2.75) is 18.9 Å². The Morgan fingerprint density at radius 2 is 2.44 bits per heavy atom. The summed E-state index contributed by atoms with van der Waals surface area (Å²) in [5.74, 6) is -0.298.